The quantitative estimate of drug-likeness (QED) is 0.178. The molecule has 50 heavy (non-hydrogen) atoms. The lowest BCUT2D eigenvalue weighted by molar-refractivity contribution is 1.05. The highest BCUT2D eigenvalue weighted by Crippen LogP contribution is 2.42. The van der Waals surface area contributed by atoms with E-state index in [2.05, 4.69) is 191 Å². The predicted molar refractivity (Wildman–Crippen MR) is 212 cm³/mol. The van der Waals surface area contributed by atoms with Gasteiger partial charge in [-0.2, -0.15) is 0 Å². The van der Waals surface area contributed by atoms with Gasteiger partial charge in [-0.3, -0.25) is 0 Å². The number of benzene rings is 7. The Morgan fingerprint density at radius 2 is 0.900 bits per heavy atom. The third-order valence-electron chi connectivity index (χ3n) is 10.4. The van der Waals surface area contributed by atoms with Gasteiger partial charge in [0.2, 0.25) is 0 Å². The zero-order chi connectivity index (χ0) is 33.0. The molecule has 0 bridgehead atoms. The van der Waals surface area contributed by atoms with Crippen LogP contribution in [0.1, 0.15) is 18.4 Å². The molecule has 2 heteroatoms. The van der Waals surface area contributed by atoms with E-state index in [1.165, 1.54) is 82.7 Å². The molecule has 0 aliphatic heterocycles. The van der Waals surface area contributed by atoms with Crippen LogP contribution in [0.4, 0.5) is 0 Å². The van der Waals surface area contributed by atoms with E-state index >= 15 is 0 Å². The molecule has 0 saturated carbocycles. The molecule has 0 radical (unpaired) electrons. The first-order valence-electron chi connectivity index (χ1n) is 17.5. The Morgan fingerprint density at radius 1 is 0.380 bits per heavy atom. The summed E-state index contributed by atoms with van der Waals surface area (Å²) in [7, 11) is 0. The minimum Gasteiger partial charge on any atom is -0.309 e. The summed E-state index contributed by atoms with van der Waals surface area (Å²) in [6.45, 7) is 0. The fourth-order valence-corrected chi connectivity index (χ4v) is 8.05. The Hall–Kier alpha value is -6.38. The van der Waals surface area contributed by atoms with E-state index in [1.54, 1.807) is 0 Å². The normalized spacial score (nSPS) is 13.1. The van der Waals surface area contributed by atoms with Crippen LogP contribution >= 0.6 is 0 Å². The van der Waals surface area contributed by atoms with Crippen LogP contribution in [0.15, 0.2) is 182 Å². The van der Waals surface area contributed by atoms with Gasteiger partial charge in [0.1, 0.15) is 0 Å². The molecule has 0 saturated heterocycles. The lowest BCUT2D eigenvalue weighted by atomic mass is 9.97. The van der Waals surface area contributed by atoms with Gasteiger partial charge in [-0.25, -0.2) is 0 Å². The Bertz CT molecular complexity index is 2770. The number of allylic oxidation sites excluding steroid dienone is 4. The number of nitrogens with zero attached hydrogens (tertiary/aromatic N) is 2. The molecule has 2 aromatic heterocycles. The van der Waals surface area contributed by atoms with Gasteiger partial charge in [-0.05, 0) is 94.8 Å². The van der Waals surface area contributed by atoms with Gasteiger partial charge in [-0.15, -0.1) is 0 Å². The highest BCUT2D eigenvalue weighted by atomic mass is 15.0. The van der Waals surface area contributed by atoms with Gasteiger partial charge in [0.15, 0.2) is 0 Å². The Labute approximate surface area is 291 Å². The summed E-state index contributed by atoms with van der Waals surface area (Å²) in [6.07, 6.45) is 8.88. The first kappa shape index (κ1) is 28.6. The molecule has 7 aromatic carbocycles. The molecule has 0 amide bonds. The number of rotatable bonds is 5. The minimum atomic E-state index is 1.08. The first-order chi connectivity index (χ1) is 24.8. The lowest BCUT2D eigenvalue weighted by Gasteiger charge is -2.13. The summed E-state index contributed by atoms with van der Waals surface area (Å²) in [5, 5.41) is 5.14. The third-order valence-corrected chi connectivity index (χ3v) is 10.4. The van der Waals surface area contributed by atoms with E-state index in [0.29, 0.717) is 0 Å². The largest absolute Gasteiger partial charge is 0.309 e. The zero-order valence-corrected chi connectivity index (χ0v) is 27.6. The van der Waals surface area contributed by atoms with Crippen LogP contribution < -0.4 is 0 Å². The first-order valence-corrected chi connectivity index (χ1v) is 17.5. The second kappa shape index (κ2) is 11.6. The summed E-state index contributed by atoms with van der Waals surface area (Å²) in [5.74, 6) is 0. The van der Waals surface area contributed by atoms with Crippen LogP contribution in [0.3, 0.4) is 0 Å². The Kier molecular flexibility index (Phi) is 6.67. The maximum atomic E-state index is 2.46. The molecular weight excluding hydrogens is 605 g/mol. The van der Waals surface area contributed by atoms with Gasteiger partial charge in [0.05, 0.1) is 22.1 Å². The molecule has 9 aromatic rings. The van der Waals surface area contributed by atoms with Gasteiger partial charge < -0.3 is 9.13 Å². The molecule has 1 aliphatic carbocycles. The molecule has 0 spiro atoms. The van der Waals surface area contributed by atoms with Crippen molar-refractivity contribution in [2.24, 2.45) is 0 Å². The zero-order valence-electron chi connectivity index (χ0n) is 27.6. The SMILES string of the molecule is C1=CCCC(c2cccc(-n3c4ccccc4c4c5c6ccccc6n(-c6ccc(-c7ccc(-c8ccccc8)cc7)cc6)c5ccc43)c2)=C1. The van der Waals surface area contributed by atoms with E-state index in [4.69, 9.17) is 0 Å². The van der Waals surface area contributed by atoms with E-state index in [-0.39, 0.29) is 0 Å². The summed E-state index contributed by atoms with van der Waals surface area (Å²) >= 11 is 0. The molecule has 0 N–H and O–H groups in total. The highest BCUT2D eigenvalue weighted by molar-refractivity contribution is 6.28. The van der Waals surface area contributed by atoms with Crippen molar-refractivity contribution >= 4 is 49.2 Å². The molecule has 236 valence electrons. The van der Waals surface area contributed by atoms with Crippen LogP contribution in [-0.4, -0.2) is 9.13 Å². The van der Waals surface area contributed by atoms with Gasteiger partial charge in [0, 0.05) is 32.9 Å². The topological polar surface area (TPSA) is 9.86 Å². The molecular formula is C48H34N2. The van der Waals surface area contributed by atoms with Crippen molar-refractivity contribution in [3.8, 4) is 33.6 Å². The molecule has 2 heterocycles. The number of hydrogen-bond donors (Lipinski definition) is 0. The van der Waals surface area contributed by atoms with Crippen LogP contribution in [0.25, 0.3) is 82.8 Å². The Balaban J connectivity index is 1.13. The molecule has 10 rings (SSSR count). The summed E-state index contributed by atoms with van der Waals surface area (Å²) in [5.41, 5.74) is 14.8. The Morgan fingerprint density at radius 3 is 1.50 bits per heavy atom. The minimum absolute atomic E-state index is 1.08. The summed E-state index contributed by atoms with van der Waals surface area (Å²) in [4.78, 5) is 0. The van der Waals surface area contributed by atoms with Crippen LogP contribution in [-0.2, 0) is 0 Å². The van der Waals surface area contributed by atoms with Gasteiger partial charge >= 0.3 is 0 Å². The number of hydrogen-bond acceptors (Lipinski definition) is 0. The van der Waals surface area contributed by atoms with Crippen LogP contribution in [0.2, 0.25) is 0 Å². The molecule has 0 fully saturated rings. The average Bonchev–Trinajstić information content (AvgIpc) is 3.72. The van der Waals surface area contributed by atoms with E-state index in [1.807, 2.05) is 0 Å². The number of aromatic nitrogens is 2. The van der Waals surface area contributed by atoms with E-state index in [9.17, 15) is 0 Å². The number of para-hydroxylation sites is 2. The standard InChI is InChI=1S/C48H34N2/c1-3-12-33(13-4-1)35-22-24-36(25-23-35)37-26-28-39(29-27-37)49-43-20-9-7-18-41(43)47-45(49)30-31-46-48(47)42-19-8-10-21-44(42)50(46)40-17-11-16-38(32-40)34-14-5-2-6-15-34/h1-5,7-14,16-32H,6,15H2. The van der Waals surface area contributed by atoms with Crippen molar-refractivity contribution in [1.29, 1.82) is 0 Å². The van der Waals surface area contributed by atoms with Crippen molar-refractivity contribution in [2.45, 2.75) is 12.8 Å². The van der Waals surface area contributed by atoms with Crippen molar-refractivity contribution in [2.75, 3.05) is 0 Å². The molecule has 0 unspecified atom stereocenters. The van der Waals surface area contributed by atoms with Crippen molar-refractivity contribution in [1.82, 2.24) is 9.13 Å². The second-order valence-electron chi connectivity index (χ2n) is 13.3. The average molecular weight is 639 g/mol. The summed E-state index contributed by atoms with van der Waals surface area (Å²) in [6, 6.07) is 59.9. The summed E-state index contributed by atoms with van der Waals surface area (Å²) < 4.78 is 4.89. The fourth-order valence-electron chi connectivity index (χ4n) is 8.05. The highest BCUT2D eigenvalue weighted by Gasteiger charge is 2.20. The molecule has 0 atom stereocenters. The monoisotopic (exact) mass is 638 g/mol. The number of fused-ring (bicyclic) bond motifs is 7. The smallest absolute Gasteiger partial charge is 0.0548 e. The molecule has 1 aliphatic rings. The van der Waals surface area contributed by atoms with Gasteiger partial charge in [0.25, 0.3) is 0 Å². The van der Waals surface area contributed by atoms with Crippen molar-refractivity contribution < 1.29 is 0 Å². The van der Waals surface area contributed by atoms with Crippen molar-refractivity contribution in [3.05, 3.63) is 188 Å². The van der Waals surface area contributed by atoms with E-state index in [0.717, 1.165) is 18.5 Å². The van der Waals surface area contributed by atoms with Gasteiger partial charge in [-0.1, -0.05) is 133 Å². The maximum Gasteiger partial charge on any atom is 0.0548 e. The fraction of sp³-hybridized carbons (Fsp3) is 0.0417. The van der Waals surface area contributed by atoms with E-state index < -0.39 is 0 Å². The second-order valence-corrected chi connectivity index (χ2v) is 13.3. The third kappa shape index (κ3) is 4.57. The maximum absolute atomic E-state index is 2.46. The van der Waals surface area contributed by atoms with Crippen LogP contribution in [0, 0.1) is 0 Å². The molecule has 2 nitrogen and oxygen atoms in total. The predicted octanol–water partition coefficient (Wildman–Crippen LogP) is 12.9. The lowest BCUT2D eigenvalue weighted by Crippen LogP contribution is -1.96. The van der Waals surface area contributed by atoms with Crippen molar-refractivity contribution in [3.63, 3.8) is 0 Å². The van der Waals surface area contributed by atoms with Crippen LogP contribution in [0.5, 0.6) is 0 Å².